The zero-order valence-corrected chi connectivity index (χ0v) is 13.1. The second kappa shape index (κ2) is 7.94. The Hall–Kier alpha value is -1.67. The van der Waals surface area contributed by atoms with Gasteiger partial charge in [0.1, 0.15) is 11.6 Å². The molecule has 1 aromatic rings. The summed E-state index contributed by atoms with van der Waals surface area (Å²) in [5.74, 6) is 1.38. The smallest absolute Gasteiger partial charge is 0.166 e. The van der Waals surface area contributed by atoms with Crippen molar-refractivity contribution < 1.29 is 0 Å². The number of hydrogen-bond donors (Lipinski definition) is 2. The van der Waals surface area contributed by atoms with E-state index >= 15 is 0 Å². The van der Waals surface area contributed by atoms with Gasteiger partial charge in [-0.25, -0.2) is 0 Å². The summed E-state index contributed by atoms with van der Waals surface area (Å²) in [6, 6.07) is 2.30. The van der Waals surface area contributed by atoms with E-state index in [-0.39, 0.29) is 0 Å². The third-order valence-corrected chi connectivity index (χ3v) is 4.20. The predicted octanol–water partition coefficient (Wildman–Crippen LogP) is 2.27. The Morgan fingerprint density at radius 2 is 2.19 bits per heavy atom. The molecule has 1 atom stereocenters. The number of hydrogen-bond acceptors (Lipinski definition) is 5. The highest BCUT2D eigenvalue weighted by atomic mass is 15.2. The van der Waals surface area contributed by atoms with Gasteiger partial charge in [-0.15, -0.1) is 5.10 Å². The lowest BCUT2D eigenvalue weighted by atomic mass is 9.96. The first-order chi connectivity index (χ1) is 10.3. The number of aromatic nitrogens is 2. The zero-order chi connectivity index (χ0) is 15.1. The van der Waals surface area contributed by atoms with E-state index in [0.717, 1.165) is 56.1 Å². The van der Waals surface area contributed by atoms with Gasteiger partial charge in [0, 0.05) is 6.54 Å². The summed E-state index contributed by atoms with van der Waals surface area (Å²) in [5, 5.41) is 24.7. The van der Waals surface area contributed by atoms with Gasteiger partial charge in [-0.1, -0.05) is 13.8 Å². The minimum absolute atomic E-state index is 0.648. The van der Waals surface area contributed by atoms with Crippen LogP contribution in [-0.4, -0.2) is 29.8 Å². The molecular weight excluding hydrogens is 262 g/mol. The van der Waals surface area contributed by atoms with Crippen LogP contribution in [0.25, 0.3) is 0 Å². The molecule has 5 heteroatoms. The topological polar surface area (TPSA) is 73.6 Å². The zero-order valence-electron chi connectivity index (χ0n) is 13.1. The molecule has 5 nitrogen and oxygen atoms in total. The number of nitrogens with zero attached hydrogens (tertiary/aromatic N) is 3. The quantitative estimate of drug-likeness (QED) is 0.839. The summed E-state index contributed by atoms with van der Waals surface area (Å²) in [6.45, 7) is 7.21. The van der Waals surface area contributed by atoms with E-state index in [0.29, 0.717) is 11.4 Å². The van der Waals surface area contributed by atoms with Crippen LogP contribution in [0.15, 0.2) is 0 Å². The molecule has 0 radical (unpaired) electrons. The molecule has 21 heavy (non-hydrogen) atoms. The second-order valence-electron chi connectivity index (χ2n) is 5.60. The molecule has 114 valence electrons. The summed E-state index contributed by atoms with van der Waals surface area (Å²) in [5.41, 5.74) is 2.65. The van der Waals surface area contributed by atoms with Crippen molar-refractivity contribution in [3.63, 3.8) is 0 Å². The van der Waals surface area contributed by atoms with Gasteiger partial charge in [-0.2, -0.15) is 10.4 Å². The van der Waals surface area contributed by atoms with Crippen molar-refractivity contribution in [1.82, 2.24) is 15.5 Å². The number of nitriles is 1. The molecule has 1 aliphatic heterocycles. The van der Waals surface area contributed by atoms with Gasteiger partial charge >= 0.3 is 0 Å². The minimum Gasteiger partial charge on any atom is -0.367 e. The Kier molecular flexibility index (Phi) is 5.94. The summed E-state index contributed by atoms with van der Waals surface area (Å²) >= 11 is 0. The third-order valence-electron chi connectivity index (χ3n) is 4.20. The second-order valence-corrected chi connectivity index (χ2v) is 5.60. The van der Waals surface area contributed by atoms with Crippen molar-refractivity contribution in [2.75, 3.05) is 25.0 Å². The van der Waals surface area contributed by atoms with Crippen LogP contribution in [0.1, 0.15) is 49.9 Å². The summed E-state index contributed by atoms with van der Waals surface area (Å²) in [4.78, 5) is 0. The van der Waals surface area contributed by atoms with E-state index in [9.17, 15) is 5.26 Å². The van der Waals surface area contributed by atoms with E-state index in [1.54, 1.807) is 0 Å². The Morgan fingerprint density at radius 1 is 1.33 bits per heavy atom. The van der Waals surface area contributed by atoms with Crippen LogP contribution in [0, 0.1) is 17.2 Å². The monoisotopic (exact) mass is 287 g/mol. The van der Waals surface area contributed by atoms with E-state index in [2.05, 4.69) is 33.8 Å². The molecule has 0 spiro atoms. The SMILES string of the molecule is CCc1nnc(NCCC2CCCNC2)c(C#N)c1CC. The molecule has 0 aliphatic carbocycles. The van der Waals surface area contributed by atoms with Crippen LogP contribution in [0.4, 0.5) is 5.82 Å². The highest BCUT2D eigenvalue weighted by Gasteiger charge is 2.15. The van der Waals surface area contributed by atoms with E-state index < -0.39 is 0 Å². The Morgan fingerprint density at radius 3 is 2.81 bits per heavy atom. The van der Waals surface area contributed by atoms with Crippen molar-refractivity contribution in [2.24, 2.45) is 5.92 Å². The Bertz CT molecular complexity index is 500. The molecule has 2 rings (SSSR count). The van der Waals surface area contributed by atoms with E-state index in [4.69, 9.17) is 0 Å². The molecule has 1 fully saturated rings. The molecule has 2 heterocycles. The fourth-order valence-corrected chi connectivity index (χ4v) is 2.98. The molecule has 1 aromatic heterocycles. The fraction of sp³-hybridized carbons (Fsp3) is 0.688. The molecule has 1 unspecified atom stereocenters. The van der Waals surface area contributed by atoms with Crippen molar-refractivity contribution in [2.45, 2.75) is 46.0 Å². The van der Waals surface area contributed by atoms with Crippen molar-refractivity contribution in [3.8, 4) is 6.07 Å². The van der Waals surface area contributed by atoms with Crippen molar-refractivity contribution in [1.29, 1.82) is 5.26 Å². The molecule has 0 bridgehead atoms. The van der Waals surface area contributed by atoms with Gasteiger partial charge < -0.3 is 10.6 Å². The molecule has 0 saturated carbocycles. The lowest BCUT2D eigenvalue weighted by Gasteiger charge is -2.22. The summed E-state index contributed by atoms with van der Waals surface area (Å²) < 4.78 is 0. The molecule has 0 amide bonds. The maximum atomic E-state index is 9.43. The number of rotatable bonds is 6. The van der Waals surface area contributed by atoms with Gasteiger partial charge in [-0.05, 0) is 56.7 Å². The van der Waals surface area contributed by atoms with E-state index in [1.807, 2.05) is 6.92 Å². The third kappa shape index (κ3) is 3.92. The standard InChI is InChI=1S/C16H25N5/c1-3-13-14(10-17)16(21-20-15(13)4-2)19-9-7-12-6-5-8-18-11-12/h12,18H,3-9,11H2,1-2H3,(H,19,21). The number of piperidine rings is 1. The molecule has 2 N–H and O–H groups in total. The van der Waals surface area contributed by atoms with Crippen molar-refractivity contribution >= 4 is 5.82 Å². The molecule has 0 aromatic carbocycles. The molecular formula is C16H25N5. The fourth-order valence-electron chi connectivity index (χ4n) is 2.98. The first-order valence-electron chi connectivity index (χ1n) is 8.03. The largest absolute Gasteiger partial charge is 0.367 e. The number of nitrogens with one attached hydrogen (secondary N) is 2. The highest BCUT2D eigenvalue weighted by molar-refractivity contribution is 5.56. The first kappa shape index (κ1) is 15.7. The highest BCUT2D eigenvalue weighted by Crippen LogP contribution is 2.20. The van der Waals surface area contributed by atoms with Crippen LogP contribution in [-0.2, 0) is 12.8 Å². The Labute approximate surface area is 127 Å². The average molecular weight is 287 g/mol. The van der Waals surface area contributed by atoms with Gasteiger partial charge in [-0.3, -0.25) is 0 Å². The van der Waals surface area contributed by atoms with Crippen LogP contribution in [0.3, 0.4) is 0 Å². The van der Waals surface area contributed by atoms with Gasteiger partial charge in [0.25, 0.3) is 0 Å². The van der Waals surface area contributed by atoms with Crippen molar-refractivity contribution in [3.05, 3.63) is 16.8 Å². The van der Waals surface area contributed by atoms with Crippen LogP contribution in [0.5, 0.6) is 0 Å². The maximum Gasteiger partial charge on any atom is 0.166 e. The lowest BCUT2D eigenvalue weighted by Crippen LogP contribution is -2.30. The van der Waals surface area contributed by atoms with Crippen LogP contribution >= 0.6 is 0 Å². The normalized spacial score (nSPS) is 18.2. The lowest BCUT2D eigenvalue weighted by molar-refractivity contribution is 0.364. The van der Waals surface area contributed by atoms with Gasteiger partial charge in [0.05, 0.1) is 5.69 Å². The van der Waals surface area contributed by atoms with Gasteiger partial charge in [0.2, 0.25) is 0 Å². The number of aryl methyl sites for hydroxylation is 1. The minimum atomic E-state index is 0.648. The first-order valence-corrected chi connectivity index (χ1v) is 8.03. The number of anilines is 1. The summed E-state index contributed by atoms with van der Waals surface area (Å²) in [6.07, 6.45) is 5.30. The molecule has 1 aliphatic rings. The van der Waals surface area contributed by atoms with Crippen LogP contribution in [0.2, 0.25) is 0 Å². The molecule has 1 saturated heterocycles. The van der Waals surface area contributed by atoms with Gasteiger partial charge in [0.15, 0.2) is 5.82 Å². The summed E-state index contributed by atoms with van der Waals surface area (Å²) in [7, 11) is 0. The van der Waals surface area contributed by atoms with Crippen LogP contribution < -0.4 is 10.6 Å². The maximum absolute atomic E-state index is 9.43. The Balaban J connectivity index is 2.00. The van der Waals surface area contributed by atoms with E-state index in [1.165, 1.54) is 12.8 Å². The average Bonchev–Trinajstić information content (AvgIpc) is 2.55. The predicted molar refractivity (Wildman–Crippen MR) is 84.2 cm³/mol.